The normalized spacial score (nSPS) is 24.2. The lowest BCUT2D eigenvalue weighted by Gasteiger charge is -2.40. The van der Waals surface area contributed by atoms with Gasteiger partial charge in [-0.05, 0) is 51.6 Å². The van der Waals surface area contributed by atoms with Crippen molar-refractivity contribution in [2.24, 2.45) is 0 Å². The molecular weight excluding hydrogens is 234 g/mol. The van der Waals surface area contributed by atoms with Crippen LogP contribution in [0.4, 0.5) is 0 Å². The molecule has 19 heavy (non-hydrogen) atoms. The van der Waals surface area contributed by atoms with E-state index < -0.39 is 0 Å². The molecule has 1 N–H and O–H groups in total. The number of aryl methyl sites for hydroxylation is 1. The van der Waals surface area contributed by atoms with Crippen molar-refractivity contribution in [2.75, 3.05) is 6.54 Å². The lowest BCUT2D eigenvalue weighted by Crippen LogP contribution is -2.42. The van der Waals surface area contributed by atoms with Crippen molar-refractivity contribution in [2.45, 2.75) is 64.0 Å². The summed E-state index contributed by atoms with van der Waals surface area (Å²) in [5.41, 5.74) is 2.81. The molecule has 1 aliphatic carbocycles. The summed E-state index contributed by atoms with van der Waals surface area (Å²) in [5, 5.41) is 3.73. The molecule has 1 aromatic rings. The first-order valence-corrected chi connectivity index (χ1v) is 7.75. The molecule has 1 atom stereocenters. The van der Waals surface area contributed by atoms with Crippen LogP contribution in [0.5, 0.6) is 5.75 Å². The Hall–Kier alpha value is -1.02. The van der Waals surface area contributed by atoms with Gasteiger partial charge in [-0.15, -0.1) is 0 Å². The van der Waals surface area contributed by atoms with Crippen molar-refractivity contribution in [1.29, 1.82) is 0 Å². The molecule has 2 aliphatic rings. The summed E-state index contributed by atoms with van der Waals surface area (Å²) < 4.78 is 6.41. The molecule has 2 heteroatoms. The van der Waals surface area contributed by atoms with Crippen molar-refractivity contribution >= 4 is 0 Å². The van der Waals surface area contributed by atoms with Crippen LogP contribution in [0.1, 0.15) is 62.6 Å². The number of nitrogens with one attached hydrogen (secondary N) is 1. The van der Waals surface area contributed by atoms with Gasteiger partial charge in [-0.25, -0.2) is 0 Å². The summed E-state index contributed by atoms with van der Waals surface area (Å²) in [7, 11) is 0. The second-order valence-electron chi connectivity index (χ2n) is 6.24. The fourth-order valence-corrected chi connectivity index (χ4v) is 3.62. The molecule has 1 heterocycles. The Labute approximate surface area is 116 Å². The quantitative estimate of drug-likeness (QED) is 0.881. The molecule has 0 amide bonds. The third kappa shape index (κ3) is 2.51. The van der Waals surface area contributed by atoms with E-state index in [4.69, 9.17) is 4.74 Å². The highest BCUT2D eigenvalue weighted by molar-refractivity contribution is 5.42. The summed E-state index contributed by atoms with van der Waals surface area (Å²) in [5.74, 6) is 1.12. The van der Waals surface area contributed by atoms with Gasteiger partial charge in [0.25, 0.3) is 0 Å². The zero-order valence-electron chi connectivity index (χ0n) is 12.2. The van der Waals surface area contributed by atoms with Crippen LogP contribution in [0.3, 0.4) is 0 Å². The van der Waals surface area contributed by atoms with Gasteiger partial charge in [0.05, 0.1) is 0 Å². The van der Waals surface area contributed by atoms with Crippen molar-refractivity contribution < 1.29 is 4.74 Å². The third-order valence-electron chi connectivity index (χ3n) is 4.60. The number of hydrogen-bond donors (Lipinski definition) is 1. The first-order chi connectivity index (χ1) is 9.22. The largest absolute Gasteiger partial charge is 0.487 e. The molecule has 2 nitrogen and oxygen atoms in total. The van der Waals surface area contributed by atoms with E-state index in [2.05, 4.69) is 37.4 Å². The van der Waals surface area contributed by atoms with Crippen LogP contribution >= 0.6 is 0 Å². The molecule has 1 unspecified atom stereocenters. The Morgan fingerprint density at radius 1 is 1.32 bits per heavy atom. The first-order valence-electron chi connectivity index (χ1n) is 7.75. The summed E-state index contributed by atoms with van der Waals surface area (Å²) in [6, 6.07) is 7.11. The van der Waals surface area contributed by atoms with E-state index in [1.807, 2.05) is 0 Å². The minimum Gasteiger partial charge on any atom is -0.487 e. The monoisotopic (exact) mass is 259 g/mol. The van der Waals surface area contributed by atoms with Crippen LogP contribution in [0.15, 0.2) is 18.2 Å². The number of ether oxygens (including phenoxy) is 1. The lowest BCUT2D eigenvalue weighted by molar-refractivity contribution is 0.0368. The topological polar surface area (TPSA) is 21.3 Å². The van der Waals surface area contributed by atoms with Crippen LogP contribution < -0.4 is 10.1 Å². The van der Waals surface area contributed by atoms with Crippen LogP contribution in [-0.2, 0) is 0 Å². The average Bonchev–Trinajstić information content (AvgIpc) is 2.85. The predicted octanol–water partition coefficient (Wildman–Crippen LogP) is 4.13. The fraction of sp³-hybridized carbons (Fsp3) is 0.647. The zero-order chi connectivity index (χ0) is 13.3. The Bertz CT molecular complexity index is 449. The van der Waals surface area contributed by atoms with Gasteiger partial charge in [0.1, 0.15) is 11.4 Å². The highest BCUT2D eigenvalue weighted by Gasteiger charge is 2.42. The molecule has 1 fully saturated rings. The maximum Gasteiger partial charge on any atom is 0.124 e. The second kappa shape index (κ2) is 5.16. The van der Waals surface area contributed by atoms with Gasteiger partial charge in [0.15, 0.2) is 0 Å². The molecule has 1 spiro atoms. The molecule has 104 valence electrons. The molecule has 0 bridgehead atoms. The lowest BCUT2D eigenvalue weighted by atomic mass is 9.85. The average molecular weight is 259 g/mol. The highest BCUT2D eigenvalue weighted by atomic mass is 16.5. The summed E-state index contributed by atoms with van der Waals surface area (Å²) in [6.45, 7) is 5.49. The van der Waals surface area contributed by atoms with E-state index in [1.54, 1.807) is 0 Å². The zero-order valence-corrected chi connectivity index (χ0v) is 12.2. The Morgan fingerprint density at radius 2 is 2.11 bits per heavy atom. The number of hydrogen-bond acceptors (Lipinski definition) is 2. The van der Waals surface area contributed by atoms with Crippen LogP contribution in [0.2, 0.25) is 0 Å². The van der Waals surface area contributed by atoms with Crippen molar-refractivity contribution in [1.82, 2.24) is 5.32 Å². The van der Waals surface area contributed by atoms with E-state index in [-0.39, 0.29) is 5.60 Å². The number of fused-ring (bicyclic) bond motifs is 1. The minimum atomic E-state index is 0.119. The van der Waals surface area contributed by atoms with E-state index in [9.17, 15) is 0 Å². The number of rotatable bonds is 3. The minimum absolute atomic E-state index is 0.119. The van der Waals surface area contributed by atoms with E-state index in [0.29, 0.717) is 6.04 Å². The smallest absolute Gasteiger partial charge is 0.124 e. The van der Waals surface area contributed by atoms with Crippen LogP contribution in [0.25, 0.3) is 0 Å². The summed E-state index contributed by atoms with van der Waals surface area (Å²) in [4.78, 5) is 0. The molecular formula is C17H25NO. The molecule has 0 aromatic heterocycles. The molecule has 0 radical (unpaired) electrons. The Balaban J connectivity index is 1.91. The van der Waals surface area contributed by atoms with Gasteiger partial charge in [0, 0.05) is 18.0 Å². The SMILES string of the molecule is CCCNC1CC2(CCCC2)Oc2ccc(C)cc21. The first kappa shape index (κ1) is 13.0. The highest BCUT2D eigenvalue weighted by Crippen LogP contribution is 2.47. The van der Waals surface area contributed by atoms with Crippen molar-refractivity contribution in [3.63, 3.8) is 0 Å². The Morgan fingerprint density at radius 3 is 2.84 bits per heavy atom. The fourth-order valence-electron chi connectivity index (χ4n) is 3.62. The van der Waals surface area contributed by atoms with Crippen molar-refractivity contribution in [3.8, 4) is 5.75 Å². The maximum absolute atomic E-state index is 6.41. The van der Waals surface area contributed by atoms with E-state index in [0.717, 1.165) is 18.7 Å². The van der Waals surface area contributed by atoms with Crippen molar-refractivity contribution in [3.05, 3.63) is 29.3 Å². The molecule has 3 rings (SSSR count). The van der Waals surface area contributed by atoms with Crippen LogP contribution in [0, 0.1) is 6.92 Å². The van der Waals surface area contributed by atoms with Crippen LogP contribution in [-0.4, -0.2) is 12.1 Å². The van der Waals surface area contributed by atoms with Gasteiger partial charge in [-0.1, -0.05) is 24.6 Å². The van der Waals surface area contributed by atoms with Gasteiger partial charge in [0.2, 0.25) is 0 Å². The van der Waals surface area contributed by atoms with E-state index >= 15 is 0 Å². The number of benzene rings is 1. The van der Waals surface area contributed by atoms with Gasteiger partial charge >= 0.3 is 0 Å². The molecule has 1 aromatic carbocycles. The summed E-state index contributed by atoms with van der Waals surface area (Å²) >= 11 is 0. The third-order valence-corrected chi connectivity index (χ3v) is 4.60. The molecule has 0 saturated heterocycles. The predicted molar refractivity (Wildman–Crippen MR) is 78.7 cm³/mol. The molecule has 1 saturated carbocycles. The summed E-state index contributed by atoms with van der Waals surface area (Å²) in [6.07, 6.45) is 7.42. The molecule has 1 aliphatic heterocycles. The second-order valence-corrected chi connectivity index (χ2v) is 6.24. The van der Waals surface area contributed by atoms with Gasteiger partial charge in [-0.3, -0.25) is 0 Å². The standard InChI is InChI=1S/C17H25NO/c1-3-10-18-15-12-17(8-4-5-9-17)19-16-7-6-13(2)11-14(15)16/h6-7,11,15,18H,3-5,8-10,12H2,1-2H3. The Kier molecular flexibility index (Phi) is 3.53. The maximum atomic E-state index is 6.41. The van der Waals surface area contributed by atoms with Gasteiger partial charge < -0.3 is 10.1 Å². The van der Waals surface area contributed by atoms with Gasteiger partial charge in [-0.2, -0.15) is 0 Å². The van der Waals surface area contributed by atoms with E-state index in [1.165, 1.54) is 43.2 Å².